The fraction of sp³-hybridized carbons (Fsp3) is 0.938. The molecule has 1 aliphatic heterocycles. The third-order valence-electron chi connectivity index (χ3n) is 4.97. The van der Waals surface area contributed by atoms with Crippen molar-refractivity contribution in [1.29, 1.82) is 0 Å². The van der Waals surface area contributed by atoms with Gasteiger partial charge in [-0.1, -0.05) is 0 Å². The van der Waals surface area contributed by atoms with E-state index in [-0.39, 0.29) is 12.1 Å². The summed E-state index contributed by atoms with van der Waals surface area (Å²) in [5.74, 6) is 0.410. The Bertz CT molecular complexity index is 352. The number of carbonyl (C=O) groups is 1. The highest BCUT2D eigenvalue weighted by atomic mass is 16.3. The first kappa shape index (κ1) is 17.5. The second-order valence-corrected chi connectivity index (χ2v) is 7.05. The number of likely N-dealkylation sites (tertiary alicyclic amines) is 1. The zero-order valence-electron chi connectivity index (χ0n) is 14.3. The van der Waals surface area contributed by atoms with Crippen molar-refractivity contribution in [3.05, 3.63) is 0 Å². The van der Waals surface area contributed by atoms with E-state index in [2.05, 4.69) is 29.2 Å². The fourth-order valence-electron chi connectivity index (χ4n) is 3.11. The molecule has 0 spiro atoms. The predicted molar refractivity (Wildman–Crippen MR) is 87.9 cm³/mol. The molecule has 22 heavy (non-hydrogen) atoms. The molecule has 1 unspecified atom stereocenters. The van der Waals surface area contributed by atoms with Crippen LogP contribution in [0, 0.1) is 5.92 Å². The number of nitrogens with zero attached hydrogens (tertiary/aromatic N) is 3. The summed E-state index contributed by atoms with van der Waals surface area (Å²) in [5.41, 5.74) is 0. The van der Waals surface area contributed by atoms with Crippen molar-refractivity contribution in [3.63, 3.8) is 0 Å². The topological polar surface area (TPSA) is 59.1 Å². The Morgan fingerprint density at radius 3 is 2.41 bits per heavy atom. The molecule has 2 N–H and O–H groups in total. The lowest BCUT2D eigenvalue weighted by atomic mass is 10.0. The lowest BCUT2D eigenvalue weighted by Gasteiger charge is -2.35. The molecule has 1 atom stereocenters. The summed E-state index contributed by atoms with van der Waals surface area (Å²) in [6.07, 6.45) is 4.24. The average molecular weight is 312 g/mol. The normalized spacial score (nSPS) is 21.9. The Hall–Kier alpha value is -0.850. The molecule has 2 amide bonds. The van der Waals surface area contributed by atoms with Crippen LogP contribution < -0.4 is 5.32 Å². The van der Waals surface area contributed by atoms with Gasteiger partial charge < -0.3 is 25.1 Å². The van der Waals surface area contributed by atoms with Gasteiger partial charge >= 0.3 is 6.03 Å². The molecular formula is C16H32N4O2. The van der Waals surface area contributed by atoms with Crippen molar-refractivity contribution >= 4 is 6.03 Å². The van der Waals surface area contributed by atoms with Crippen LogP contribution in [-0.2, 0) is 0 Å². The molecular weight excluding hydrogens is 280 g/mol. The maximum atomic E-state index is 12.0. The molecule has 0 radical (unpaired) electrons. The van der Waals surface area contributed by atoms with Gasteiger partial charge in [0.2, 0.25) is 0 Å². The van der Waals surface area contributed by atoms with Gasteiger partial charge in [0.25, 0.3) is 0 Å². The largest absolute Gasteiger partial charge is 0.391 e. The molecule has 128 valence electrons. The summed E-state index contributed by atoms with van der Waals surface area (Å²) >= 11 is 0. The molecule has 2 rings (SSSR count). The van der Waals surface area contributed by atoms with E-state index in [0.717, 1.165) is 32.5 Å². The molecule has 6 heteroatoms. The highest BCUT2D eigenvalue weighted by molar-refractivity contribution is 5.73. The summed E-state index contributed by atoms with van der Waals surface area (Å²) in [6.45, 7) is 4.23. The summed E-state index contributed by atoms with van der Waals surface area (Å²) in [6, 6.07) is 0.615. The number of amides is 2. The van der Waals surface area contributed by atoms with E-state index in [0.29, 0.717) is 25.0 Å². The van der Waals surface area contributed by atoms with Crippen LogP contribution >= 0.6 is 0 Å². The third kappa shape index (κ3) is 5.41. The molecule has 0 aromatic heterocycles. The number of hydrogen-bond donors (Lipinski definition) is 2. The first-order valence-corrected chi connectivity index (χ1v) is 8.53. The van der Waals surface area contributed by atoms with Crippen molar-refractivity contribution in [3.8, 4) is 0 Å². The number of urea groups is 1. The number of hydrogen-bond acceptors (Lipinski definition) is 4. The van der Waals surface area contributed by atoms with Crippen LogP contribution in [0.1, 0.15) is 25.7 Å². The smallest absolute Gasteiger partial charge is 0.317 e. The number of aliphatic hydroxyl groups excluding tert-OH is 1. The lowest BCUT2D eigenvalue weighted by Crippen LogP contribution is -2.47. The molecule has 0 aromatic rings. The molecule has 6 nitrogen and oxygen atoms in total. The minimum atomic E-state index is -0.360. The van der Waals surface area contributed by atoms with Crippen LogP contribution in [0.15, 0.2) is 0 Å². The Morgan fingerprint density at radius 1 is 1.23 bits per heavy atom. The number of rotatable bonds is 7. The monoisotopic (exact) mass is 312 g/mol. The van der Waals surface area contributed by atoms with Crippen LogP contribution in [0.3, 0.4) is 0 Å². The predicted octanol–water partition coefficient (Wildman–Crippen LogP) is 0.425. The number of carbonyl (C=O) groups excluding carboxylic acids is 1. The molecule has 1 saturated heterocycles. The Kier molecular flexibility index (Phi) is 6.47. The Labute approximate surface area is 134 Å². The second-order valence-electron chi connectivity index (χ2n) is 7.05. The first-order chi connectivity index (χ1) is 10.5. The number of piperidine rings is 1. The van der Waals surface area contributed by atoms with E-state index < -0.39 is 0 Å². The van der Waals surface area contributed by atoms with E-state index >= 15 is 0 Å². The molecule has 0 aromatic carbocycles. The molecule has 2 fully saturated rings. The fourth-order valence-corrected chi connectivity index (χ4v) is 3.11. The number of likely N-dealkylation sites (N-methyl/N-ethyl adjacent to an activating group) is 1. The van der Waals surface area contributed by atoms with Crippen molar-refractivity contribution in [2.75, 3.05) is 53.9 Å². The van der Waals surface area contributed by atoms with E-state index in [1.807, 2.05) is 0 Å². The van der Waals surface area contributed by atoms with Gasteiger partial charge in [0.1, 0.15) is 0 Å². The number of aliphatic hydroxyl groups is 1. The highest BCUT2D eigenvalue weighted by Gasteiger charge is 2.31. The van der Waals surface area contributed by atoms with Crippen LogP contribution in [0.5, 0.6) is 0 Å². The summed E-state index contributed by atoms with van der Waals surface area (Å²) in [7, 11) is 6.04. The second kappa shape index (κ2) is 8.13. The summed E-state index contributed by atoms with van der Waals surface area (Å²) in [5, 5.41) is 12.8. The molecule has 0 bridgehead atoms. The average Bonchev–Trinajstić information content (AvgIpc) is 3.32. The maximum absolute atomic E-state index is 12.0. The van der Waals surface area contributed by atoms with Crippen molar-refractivity contribution in [2.24, 2.45) is 5.92 Å². The van der Waals surface area contributed by atoms with Crippen LogP contribution in [0.25, 0.3) is 0 Å². The minimum Gasteiger partial charge on any atom is -0.391 e. The zero-order chi connectivity index (χ0) is 16.1. The van der Waals surface area contributed by atoms with Crippen molar-refractivity contribution < 1.29 is 9.90 Å². The van der Waals surface area contributed by atoms with E-state index in [1.165, 1.54) is 12.8 Å². The van der Waals surface area contributed by atoms with E-state index in [9.17, 15) is 9.90 Å². The minimum absolute atomic E-state index is 0.0807. The zero-order valence-corrected chi connectivity index (χ0v) is 14.3. The molecule has 1 saturated carbocycles. The van der Waals surface area contributed by atoms with Gasteiger partial charge in [0.15, 0.2) is 0 Å². The quantitative estimate of drug-likeness (QED) is 0.715. The number of nitrogens with one attached hydrogen (secondary N) is 1. The van der Waals surface area contributed by atoms with Gasteiger partial charge in [-0.05, 0) is 58.8 Å². The van der Waals surface area contributed by atoms with Gasteiger partial charge in [-0.15, -0.1) is 0 Å². The van der Waals surface area contributed by atoms with Crippen LogP contribution in [-0.4, -0.2) is 91.8 Å². The molecule has 1 heterocycles. The van der Waals surface area contributed by atoms with Crippen molar-refractivity contribution in [2.45, 2.75) is 37.8 Å². The Morgan fingerprint density at radius 2 is 1.86 bits per heavy atom. The lowest BCUT2D eigenvalue weighted by molar-refractivity contribution is 0.112. The van der Waals surface area contributed by atoms with Gasteiger partial charge in [-0.2, -0.15) is 0 Å². The van der Waals surface area contributed by atoms with Crippen LogP contribution in [0.4, 0.5) is 4.79 Å². The van der Waals surface area contributed by atoms with Crippen LogP contribution in [0.2, 0.25) is 0 Å². The Balaban J connectivity index is 1.57. The SMILES string of the molecule is CN(CC(O)C1CC1)C(=O)NCCN1CCC(N(C)C)CC1. The van der Waals surface area contributed by atoms with Crippen molar-refractivity contribution in [1.82, 2.24) is 20.0 Å². The van der Waals surface area contributed by atoms with Gasteiger partial charge in [-0.3, -0.25) is 0 Å². The molecule has 2 aliphatic rings. The first-order valence-electron chi connectivity index (χ1n) is 8.53. The van der Waals surface area contributed by atoms with E-state index in [4.69, 9.17) is 0 Å². The summed E-state index contributed by atoms with van der Waals surface area (Å²) < 4.78 is 0. The van der Waals surface area contributed by atoms with Gasteiger partial charge in [0, 0.05) is 32.7 Å². The standard InChI is InChI=1S/C16H32N4O2/c1-18(2)14-6-9-20(10-7-14)11-8-17-16(22)19(3)12-15(21)13-4-5-13/h13-15,21H,4-12H2,1-3H3,(H,17,22). The van der Waals surface area contributed by atoms with Gasteiger partial charge in [-0.25, -0.2) is 4.79 Å². The van der Waals surface area contributed by atoms with Gasteiger partial charge in [0.05, 0.1) is 6.10 Å². The highest BCUT2D eigenvalue weighted by Crippen LogP contribution is 2.32. The summed E-state index contributed by atoms with van der Waals surface area (Å²) in [4.78, 5) is 18.3. The third-order valence-corrected chi connectivity index (χ3v) is 4.97. The maximum Gasteiger partial charge on any atom is 0.317 e. The molecule has 1 aliphatic carbocycles. The van der Waals surface area contributed by atoms with E-state index in [1.54, 1.807) is 11.9 Å².